The predicted octanol–water partition coefficient (Wildman–Crippen LogP) is 2.64. The van der Waals surface area contributed by atoms with Crippen molar-refractivity contribution in [1.82, 2.24) is 30.0 Å². The molecule has 1 unspecified atom stereocenters. The molecular formula is C21H20F3N7O2. The van der Waals surface area contributed by atoms with Crippen molar-refractivity contribution in [2.45, 2.75) is 57.3 Å². The lowest BCUT2D eigenvalue weighted by Crippen LogP contribution is -2.48. The highest BCUT2D eigenvalue weighted by molar-refractivity contribution is 6.20. The number of halogens is 3. The average Bonchev–Trinajstić information content (AvgIpc) is 3.42. The van der Waals surface area contributed by atoms with E-state index in [1.54, 1.807) is 19.1 Å². The summed E-state index contributed by atoms with van der Waals surface area (Å²) in [5.41, 5.74) is -0.166. The van der Waals surface area contributed by atoms with Crippen molar-refractivity contribution in [2.24, 2.45) is 0 Å². The molecule has 2 N–H and O–H groups in total. The highest BCUT2D eigenvalue weighted by Crippen LogP contribution is 2.40. The molecule has 3 aromatic rings. The maximum absolute atomic E-state index is 12.9. The minimum absolute atomic E-state index is 0.0752. The number of nitrogens with one attached hydrogen (secondary N) is 2. The molecule has 2 amide bonds. The number of alkyl halides is 3. The van der Waals surface area contributed by atoms with Crippen LogP contribution in [0.3, 0.4) is 0 Å². The van der Waals surface area contributed by atoms with Crippen molar-refractivity contribution in [3.05, 3.63) is 29.6 Å². The van der Waals surface area contributed by atoms with E-state index >= 15 is 0 Å². The van der Waals surface area contributed by atoms with Crippen molar-refractivity contribution in [2.75, 3.05) is 5.32 Å². The van der Waals surface area contributed by atoms with Gasteiger partial charge in [0.25, 0.3) is 0 Å². The summed E-state index contributed by atoms with van der Waals surface area (Å²) in [6.07, 6.45) is -2.18. The number of hydrogen-bond donors (Lipinski definition) is 2. The Balaban J connectivity index is 1.57. The van der Waals surface area contributed by atoms with Gasteiger partial charge in [-0.15, -0.1) is 0 Å². The molecule has 0 radical (unpaired) electrons. The Morgan fingerprint density at radius 2 is 2.09 bits per heavy atom. The fraction of sp³-hybridized carbons (Fsp3) is 0.429. The van der Waals surface area contributed by atoms with Crippen LogP contribution < -0.4 is 10.6 Å². The van der Waals surface area contributed by atoms with Crippen LogP contribution in [-0.4, -0.2) is 48.8 Å². The fourth-order valence-electron chi connectivity index (χ4n) is 4.05. The number of carbonyl (C=O) groups is 2. The molecular weight excluding hydrogens is 439 g/mol. The molecule has 3 aromatic heterocycles. The third-order valence-corrected chi connectivity index (χ3v) is 5.97. The van der Waals surface area contributed by atoms with Gasteiger partial charge in [0.2, 0.25) is 11.8 Å². The molecule has 1 aliphatic heterocycles. The van der Waals surface area contributed by atoms with Crippen LogP contribution in [0.15, 0.2) is 18.3 Å². The second kappa shape index (κ2) is 7.22. The molecule has 1 saturated carbocycles. The second-order valence-electron chi connectivity index (χ2n) is 8.49. The molecule has 172 valence electrons. The van der Waals surface area contributed by atoms with Crippen molar-refractivity contribution in [3.8, 4) is 11.5 Å². The lowest BCUT2D eigenvalue weighted by atomic mass is 9.82. The minimum Gasteiger partial charge on any atom is -0.352 e. The van der Waals surface area contributed by atoms with E-state index in [-0.39, 0.29) is 29.0 Å². The molecule has 0 aromatic carbocycles. The number of pyridine rings is 1. The van der Waals surface area contributed by atoms with Gasteiger partial charge in [0.05, 0.1) is 18.4 Å². The van der Waals surface area contributed by atoms with Crippen LogP contribution in [-0.2, 0) is 21.5 Å². The van der Waals surface area contributed by atoms with Gasteiger partial charge >= 0.3 is 6.18 Å². The van der Waals surface area contributed by atoms with Gasteiger partial charge in [-0.3, -0.25) is 9.59 Å². The molecule has 1 fully saturated rings. The molecule has 12 heteroatoms. The van der Waals surface area contributed by atoms with Gasteiger partial charge in [0.15, 0.2) is 16.9 Å². The lowest BCUT2D eigenvalue weighted by Gasteiger charge is -2.22. The van der Waals surface area contributed by atoms with Crippen molar-refractivity contribution >= 4 is 28.7 Å². The minimum atomic E-state index is -4.34. The molecule has 1 atom stereocenters. The summed E-state index contributed by atoms with van der Waals surface area (Å²) < 4.78 is 39.5. The van der Waals surface area contributed by atoms with E-state index in [9.17, 15) is 22.8 Å². The molecule has 1 aliphatic carbocycles. The van der Waals surface area contributed by atoms with Crippen LogP contribution in [0.4, 0.5) is 19.0 Å². The second-order valence-corrected chi connectivity index (χ2v) is 8.49. The lowest BCUT2D eigenvalue weighted by molar-refractivity contribution is -0.137. The predicted molar refractivity (Wildman–Crippen MR) is 111 cm³/mol. The molecule has 4 heterocycles. The van der Waals surface area contributed by atoms with Crippen LogP contribution in [0.25, 0.3) is 22.6 Å². The molecule has 0 saturated heterocycles. The van der Waals surface area contributed by atoms with E-state index in [2.05, 4.69) is 30.7 Å². The third kappa shape index (κ3) is 3.58. The standard InChI is InChI=1S/C21H20F3N7O2/c1-10-13-15(29-19(33)20(13,2)18(32)27-11-5-6-11)28-16(26-10)14-12-4-3-8-25-17(12)31(30-14)9-7-21(22,23)24/h3-4,8,11H,5-7,9H2,1-2H3,(H,27,32)(H,26,28,29,33). The summed E-state index contributed by atoms with van der Waals surface area (Å²) >= 11 is 0. The summed E-state index contributed by atoms with van der Waals surface area (Å²) in [6, 6.07) is 3.39. The smallest absolute Gasteiger partial charge is 0.352 e. The van der Waals surface area contributed by atoms with Gasteiger partial charge < -0.3 is 10.6 Å². The number of rotatable bonds is 5. The number of amides is 2. The first kappa shape index (κ1) is 21.3. The zero-order valence-electron chi connectivity index (χ0n) is 17.8. The zero-order valence-corrected chi connectivity index (χ0v) is 17.8. The Bertz CT molecular complexity index is 1300. The quantitative estimate of drug-likeness (QED) is 0.567. The molecule has 2 aliphatic rings. The summed E-state index contributed by atoms with van der Waals surface area (Å²) in [7, 11) is 0. The number of fused-ring (bicyclic) bond motifs is 2. The number of nitrogens with zero attached hydrogens (tertiary/aromatic N) is 5. The first-order valence-corrected chi connectivity index (χ1v) is 10.5. The summed E-state index contributed by atoms with van der Waals surface area (Å²) in [4.78, 5) is 38.8. The number of aryl methyl sites for hydroxylation is 2. The van der Waals surface area contributed by atoms with Crippen LogP contribution in [0.5, 0.6) is 0 Å². The number of carbonyl (C=O) groups excluding carboxylic acids is 2. The highest BCUT2D eigenvalue weighted by atomic mass is 19.4. The van der Waals surface area contributed by atoms with Crippen LogP contribution in [0.1, 0.15) is 37.4 Å². The van der Waals surface area contributed by atoms with Gasteiger partial charge in [0.1, 0.15) is 11.5 Å². The van der Waals surface area contributed by atoms with E-state index in [0.717, 1.165) is 12.8 Å². The largest absolute Gasteiger partial charge is 0.390 e. The van der Waals surface area contributed by atoms with Gasteiger partial charge in [-0.05, 0) is 38.8 Å². The Kier molecular flexibility index (Phi) is 4.66. The fourth-order valence-corrected chi connectivity index (χ4v) is 4.05. The molecule has 0 spiro atoms. The molecule has 5 rings (SSSR count). The van der Waals surface area contributed by atoms with Gasteiger partial charge in [-0.1, -0.05) is 0 Å². The zero-order chi connectivity index (χ0) is 23.5. The first-order valence-electron chi connectivity index (χ1n) is 10.5. The summed E-state index contributed by atoms with van der Waals surface area (Å²) in [5.74, 6) is -0.598. The van der Waals surface area contributed by atoms with E-state index in [1.165, 1.54) is 17.8 Å². The van der Waals surface area contributed by atoms with Crippen molar-refractivity contribution in [1.29, 1.82) is 0 Å². The third-order valence-electron chi connectivity index (χ3n) is 5.97. The maximum atomic E-state index is 12.9. The molecule has 33 heavy (non-hydrogen) atoms. The van der Waals surface area contributed by atoms with Crippen LogP contribution in [0, 0.1) is 6.92 Å². The highest BCUT2D eigenvalue weighted by Gasteiger charge is 2.52. The number of hydrogen-bond acceptors (Lipinski definition) is 6. The van der Waals surface area contributed by atoms with Gasteiger partial charge in [0, 0.05) is 23.5 Å². The van der Waals surface area contributed by atoms with Crippen molar-refractivity contribution in [3.63, 3.8) is 0 Å². The SMILES string of the molecule is Cc1nc(-c2nn(CCC(F)(F)F)c3ncccc23)nc2c1C(C)(C(=O)NC1CC1)C(=O)N2. The maximum Gasteiger partial charge on any atom is 0.390 e. The van der Waals surface area contributed by atoms with Gasteiger partial charge in [-0.2, -0.15) is 18.3 Å². The number of aromatic nitrogens is 5. The van der Waals surface area contributed by atoms with Gasteiger partial charge in [-0.25, -0.2) is 19.6 Å². The topological polar surface area (TPSA) is 115 Å². The van der Waals surface area contributed by atoms with E-state index < -0.39 is 36.4 Å². The Morgan fingerprint density at radius 1 is 1.33 bits per heavy atom. The summed E-state index contributed by atoms with van der Waals surface area (Å²) in [6.45, 7) is 2.79. The average molecular weight is 459 g/mol. The molecule has 9 nitrogen and oxygen atoms in total. The van der Waals surface area contributed by atoms with E-state index in [1.807, 2.05) is 0 Å². The first-order chi connectivity index (χ1) is 15.6. The van der Waals surface area contributed by atoms with Crippen LogP contribution >= 0.6 is 0 Å². The van der Waals surface area contributed by atoms with Crippen molar-refractivity contribution < 1.29 is 22.8 Å². The normalized spacial score (nSPS) is 20.1. The monoisotopic (exact) mass is 459 g/mol. The Hall–Kier alpha value is -3.57. The number of anilines is 1. The Labute approximate surface area is 185 Å². The van der Waals surface area contributed by atoms with E-state index in [4.69, 9.17) is 0 Å². The molecule has 0 bridgehead atoms. The van der Waals surface area contributed by atoms with E-state index in [0.29, 0.717) is 16.6 Å². The Morgan fingerprint density at radius 3 is 2.79 bits per heavy atom. The van der Waals surface area contributed by atoms with Crippen LogP contribution in [0.2, 0.25) is 0 Å². The summed E-state index contributed by atoms with van der Waals surface area (Å²) in [5, 5.41) is 10.3.